The van der Waals surface area contributed by atoms with Crippen molar-refractivity contribution in [2.45, 2.75) is 39.5 Å². The number of hydrogen-bond donors (Lipinski definition) is 0. The molecule has 0 bridgehead atoms. The molecule has 0 saturated carbocycles. The number of nitrogens with zero attached hydrogens (tertiary/aromatic N) is 1. The lowest BCUT2D eigenvalue weighted by Crippen LogP contribution is -1.80. The van der Waals surface area contributed by atoms with Gasteiger partial charge in [0, 0.05) is 17.8 Å². The SMILES string of the molecule is CCCCC1=CCC(C)=N1. The van der Waals surface area contributed by atoms with Gasteiger partial charge in [-0.05, 0) is 19.8 Å². The predicted molar refractivity (Wildman–Crippen MR) is 45.3 cm³/mol. The maximum Gasteiger partial charge on any atom is 0.0367 e. The van der Waals surface area contributed by atoms with Crippen LogP contribution < -0.4 is 0 Å². The van der Waals surface area contributed by atoms with E-state index in [-0.39, 0.29) is 0 Å². The quantitative estimate of drug-likeness (QED) is 0.567. The first-order valence-electron chi connectivity index (χ1n) is 4.06. The third kappa shape index (κ3) is 1.98. The molecule has 0 aliphatic carbocycles. The van der Waals surface area contributed by atoms with Crippen molar-refractivity contribution >= 4 is 5.71 Å². The van der Waals surface area contributed by atoms with Gasteiger partial charge in [-0.3, -0.25) is 4.99 Å². The van der Waals surface area contributed by atoms with Crippen LogP contribution in [0.3, 0.4) is 0 Å². The van der Waals surface area contributed by atoms with Gasteiger partial charge in [0.2, 0.25) is 0 Å². The highest BCUT2D eigenvalue weighted by Crippen LogP contribution is 2.15. The van der Waals surface area contributed by atoms with Crippen LogP contribution in [0, 0.1) is 0 Å². The molecule has 0 aromatic carbocycles. The number of hydrogen-bond acceptors (Lipinski definition) is 1. The second-order valence-electron chi connectivity index (χ2n) is 2.85. The molecule has 0 fully saturated rings. The Hall–Kier alpha value is -0.590. The van der Waals surface area contributed by atoms with Crippen LogP contribution in [-0.4, -0.2) is 5.71 Å². The highest BCUT2D eigenvalue weighted by Gasteiger charge is 2.02. The molecule has 1 aliphatic rings. The molecule has 1 rings (SSSR count). The molecule has 0 aromatic heterocycles. The molecular formula is C9H15N. The van der Waals surface area contributed by atoms with Crippen molar-refractivity contribution in [3.05, 3.63) is 11.8 Å². The average Bonchev–Trinajstić information content (AvgIpc) is 2.31. The summed E-state index contributed by atoms with van der Waals surface area (Å²) in [6.07, 6.45) is 7.05. The topological polar surface area (TPSA) is 12.4 Å². The molecule has 1 heteroatoms. The molecule has 10 heavy (non-hydrogen) atoms. The molecule has 0 radical (unpaired) electrons. The highest BCUT2D eigenvalue weighted by atomic mass is 14.8. The minimum Gasteiger partial charge on any atom is -0.263 e. The molecule has 0 aromatic rings. The van der Waals surface area contributed by atoms with Crippen LogP contribution in [0.25, 0.3) is 0 Å². The summed E-state index contributed by atoms with van der Waals surface area (Å²) in [7, 11) is 0. The first-order chi connectivity index (χ1) is 4.83. The van der Waals surface area contributed by atoms with E-state index in [0.29, 0.717) is 0 Å². The summed E-state index contributed by atoms with van der Waals surface area (Å²) in [6.45, 7) is 4.31. The monoisotopic (exact) mass is 137 g/mol. The van der Waals surface area contributed by atoms with Crippen molar-refractivity contribution < 1.29 is 0 Å². The Labute approximate surface area is 62.9 Å². The molecule has 0 atom stereocenters. The zero-order chi connectivity index (χ0) is 7.40. The molecular weight excluding hydrogens is 122 g/mol. The summed E-state index contributed by atoms with van der Waals surface area (Å²) < 4.78 is 0. The van der Waals surface area contributed by atoms with Gasteiger partial charge in [0.15, 0.2) is 0 Å². The first kappa shape index (κ1) is 7.52. The minimum atomic E-state index is 1.08. The van der Waals surface area contributed by atoms with Crippen molar-refractivity contribution in [3.63, 3.8) is 0 Å². The van der Waals surface area contributed by atoms with Gasteiger partial charge < -0.3 is 0 Å². The summed E-state index contributed by atoms with van der Waals surface area (Å²) in [4.78, 5) is 4.40. The molecule has 1 aliphatic heterocycles. The molecule has 0 saturated heterocycles. The van der Waals surface area contributed by atoms with Gasteiger partial charge in [0.25, 0.3) is 0 Å². The summed E-state index contributed by atoms with van der Waals surface area (Å²) >= 11 is 0. The van der Waals surface area contributed by atoms with Crippen LogP contribution in [-0.2, 0) is 0 Å². The Morgan fingerprint density at radius 3 is 2.90 bits per heavy atom. The molecule has 0 N–H and O–H groups in total. The molecule has 0 unspecified atom stereocenters. The third-order valence-corrected chi connectivity index (χ3v) is 1.75. The molecule has 1 heterocycles. The van der Waals surface area contributed by atoms with E-state index in [1.165, 1.54) is 30.7 Å². The first-order valence-corrected chi connectivity index (χ1v) is 4.06. The van der Waals surface area contributed by atoms with E-state index in [1.54, 1.807) is 0 Å². The van der Waals surface area contributed by atoms with Crippen molar-refractivity contribution in [1.82, 2.24) is 0 Å². The lowest BCUT2D eigenvalue weighted by molar-refractivity contribution is 0.783. The van der Waals surface area contributed by atoms with E-state index in [4.69, 9.17) is 0 Å². The lowest BCUT2D eigenvalue weighted by Gasteiger charge is -1.93. The fraction of sp³-hybridized carbons (Fsp3) is 0.667. The van der Waals surface area contributed by atoms with Crippen LogP contribution in [0.1, 0.15) is 39.5 Å². The van der Waals surface area contributed by atoms with E-state index < -0.39 is 0 Å². The van der Waals surface area contributed by atoms with Crippen molar-refractivity contribution in [3.8, 4) is 0 Å². The molecule has 0 spiro atoms. The third-order valence-electron chi connectivity index (χ3n) is 1.75. The maximum absolute atomic E-state index is 4.40. The van der Waals surface area contributed by atoms with E-state index in [9.17, 15) is 0 Å². The van der Waals surface area contributed by atoms with E-state index in [2.05, 4.69) is 24.9 Å². The average molecular weight is 137 g/mol. The van der Waals surface area contributed by atoms with Crippen LogP contribution in [0.5, 0.6) is 0 Å². The number of allylic oxidation sites excluding steroid dienone is 2. The fourth-order valence-corrected chi connectivity index (χ4v) is 1.12. The second kappa shape index (κ2) is 3.55. The van der Waals surface area contributed by atoms with Gasteiger partial charge in [-0.25, -0.2) is 0 Å². The van der Waals surface area contributed by atoms with Crippen LogP contribution >= 0.6 is 0 Å². The summed E-state index contributed by atoms with van der Waals surface area (Å²) in [6, 6.07) is 0. The maximum atomic E-state index is 4.40. The predicted octanol–water partition coefficient (Wildman–Crippen LogP) is 2.93. The zero-order valence-corrected chi connectivity index (χ0v) is 6.85. The van der Waals surface area contributed by atoms with Gasteiger partial charge in [-0.15, -0.1) is 0 Å². The summed E-state index contributed by atoms with van der Waals surface area (Å²) in [5.74, 6) is 0. The largest absolute Gasteiger partial charge is 0.263 e. The summed E-state index contributed by atoms with van der Waals surface area (Å²) in [5, 5.41) is 0. The number of unbranched alkanes of at least 4 members (excludes halogenated alkanes) is 1. The van der Waals surface area contributed by atoms with Crippen LogP contribution in [0.4, 0.5) is 0 Å². The van der Waals surface area contributed by atoms with E-state index in [0.717, 1.165) is 6.42 Å². The Kier molecular flexibility index (Phi) is 2.67. The van der Waals surface area contributed by atoms with Crippen LogP contribution in [0.2, 0.25) is 0 Å². The smallest absolute Gasteiger partial charge is 0.0367 e. The Balaban J connectivity index is 2.29. The highest BCUT2D eigenvalue weighted by molar-refractivity contribution is 5.86. The van der Waals surface area contributed by atoms with Gasteiger partial charge in [0.05, 0.1) is 0 Å². The van der Waals surface area contributed by atoms with Crippen molar-refractivity contribution in [1.29, 1.82) is 0 Å². The summed E-state index contributed by atoms with van der Waals surface area (Å²) in [5.41, 5.74) is 2.57. The van der Waals surface area contributed by atoms with Gasteiger partial charge in [-0.2, -0.15) is 0 Å². The molecule has 0 amide bonds. The number of aliphatic imine (C=N–C) groups is 1. The molecule has 1 nitrogen and oxygen atoms in total. The zero-order valence-electron chi connectivity index (χ0n) is 6.85. The van der Waals surface area contributed by atoms with Crippen molar-refractivity contribution in [2.24, 2.45) is 4.99 Å². The Morgan fingerprint density at radius 1 is 1.60 bits per heavy atom. The van der Waals surface area contributed by atoms with Gasteiger partial charge in [-0.1, -0.05) is 19.4 Å². The standard InChI is InChI=1S/C9H15N/c1-3-4-5-9-7-6-8(2)10-9/h7H,3-6H2,1-2H3. The van der Waals surface area contributed by atoms with Crippen molar-refractivity contribution in [2.75, 3.05) is 0 Å². The normalized spacial score (nSPS) is 17.0. The second-order valence-corrected chi connectivity index (χ2v) is 2.85. The lowest BCUT2D eigenvalue weighted by atomic mass is 10.2. The van der Waals surface area contributed by atoms with Gasteiger partial charge in [0.1, 0.15) is 0 Å². The van der Waals surface area contributed by atoms with E-state index >= 15 is 0 Å². The Bertz CT molecular complexity index is 166. The Morgan fingerprint density at radius 2 is 2.40 bits per heavy atom. The van der Waals surface area contributed by atoms with Gasteiger partial charge >= 0.3 is 0 Å². The molecule has 56 valence electrons. The minimum absolute atomic E-state index is 1.08. The van der Waals surface area contributed by atoms with E-state index in [1.807, 2.05) is 0 Å². The number of rotatable bonds is 3. The fourth-order valence-electron chi connectivity index (χ4n) is 1.12. The van der Waals surface area contributed by atoms with Crippen LogP contribution in [0.15, 0.2) is 16.8 Å².